The third kappa shape index (κ3) is 5.03. The van der Waals surface area contributed by atoms with Crippen LogP contribution in [-0.4, -0.2) is 27.4 Å². The van der Waals surface area contributed by atoms with Crippen molar-refractivity contribution in [1.82, 2.24) is 14.9 Å². The van der Waals surface area contributed by atoms with Gasteiger partial charge in [-0.2, -0.15) is 0 Å². The average Bonchev–Trinajstić information content (AvgIpc) is 3.27. The van der Waals surface area contributed by atoms with Crippen molar-refractivity contribution in [2.45, 2.75) is 48.8 Å². The summed E-state index contributed by atoms with van der Waals surface area (Å²) < 4.78 is 2.01. The molecule has 0 aliphatic heterocycles. The lowest BCUT2D eigenvalue weighted by molar-refractivity contribution is 0.251. The van der Waals surface area contributed by atoms with Gasteiger partial charge in [-0.05, 0) is 31.4 Å². The molecule has 1 aromatic heterocycles. The number of aryl methyl sites for hydroxylation is 1. The lowest BCUT2D eigenvalue weighted by atomic mass is 10.3. The number of carbonyl (C=O) groups is 1. The van der Waals surface area contributed by atoms with Crippen LogP contribution in [0.15, 0.2) is 47.9 Å². The van der Waals surface area contributed by atoms with Crippen LogP contribution in [0.5, 0.6) is 0 Å². The molecular weight excluding hydrogens is 320 g/mol. The fourth-order valence-electron chi connectivity index (χ4n) is 2.91. The fraction of sp³-hybridized carbons (Fsp3) is 0.444. The number of para-hydroxylation sites is 1. The highest BCUT2D eigenvalue weighted by atomic mass is 32.2. The van der Waals surface area contributed by atoms with Crippen LogP contribution < -0.4 is 10.6 Å². The zero-order chi connectivity index (χ0) is 16.6. The number of nitrogens with one attached hydrogen (secondary N) is 2. The van der Waals surface area contributed by atoms with Gasteiger partial charge in [0.1, 0.15) is 0 Å². The SMILES string of the molecule is O=C(NCCCn1ccnc1)Nc1ccccc1SC1CCCC1. The van der Waals surface area contributed by atoms with Crippen LogP contribution in [0.3, 0.4) is 0 Å². The van der Waals surface area contributed by atoms with E-state index in [0.717, 1.165) is 23.5 Å². The van der Waals surface area contributed by atoms with E-state index in [2.05, 4.69) is 21.7 Å². The van der Waals surface area contributed by atoms with Gasteiger partial charge in [0.15, 0.2) is 0 Å². The molecule has 1 heterocycles. The maximum absolute atomic E-state index is 12.1. The molecule has 0 radical (unpaired) electrons. The van der Waals surface area contributed by atoms with Gasteiger partial charge in [-0.15, -0.1) is 11.8 Å². The number of nitrogens with zero attached hydrogens (tertiary/aromatic N) is 2. The Morgan fingerprint density at radius 1 is 1.29 bits per heavy atom. The summed E-state index contributed by atoms with van der Waals surface area (Å²) in [5, 5.41) is 6.60. The first-order valence-corrected chi connectivity index (χ1v) is 9.45. The van der Waals surface area contributed by atoms with E-state index in [4.69, 9.17) is 0 Å². The van der Waals surface area contributed by atoms with Crippen molar-refractivity contribution < 1.29 is 4.79 Å². The standard InChI is InChI=1S/C18H24N4OS/c23-18(20-10-5-12-22-13-11-19-14-22)21-16-8-3-4-9-17(16)24-15-6-1-2-7-15/h3-4,8-9,11,13-15H,1-2,5-7,10,12H2,(H2,20,21,23). The molecule has 6 heteroatoms. The van der Waals surface area contributed by atoms with Crippen LogP contribution in [-0.2, 0) is 6.54 Å². The van der Waals surface area contributed by atoms with Gasteiger partial charge >= 0.3 is 6.03 Å². The summed E-state index contributed by atoms with van der Waals surface area (Å²) in [5.74, 6) is 0. The van der Waals surface area contributed by atoms with Crippen molar-refractivity contribution in [2.24, 2.45) is 0 Å². The third-order valence-corrected chi connectivity index (χ3v) is 5.58. The van der Waals surface area contributed by atoms with Gasteiger partial charge in [-0.3, -0.25) is 0 Å². The lowest BCUT2D eigenvalue weighted by Crippen LogP contribution is -2.30. The summed E-state index contributed by atoms with van der Waals surface area (Å²) in [6.07, 6.45) is 11.6. The van der Waals surface area contributed by atoms with Crippen molar-refractivity contribution in [2.75, 3.05) is 11.9 Å². The molecule has 2 amide bonds. The summed E-state index contributed by atoms with van der Waals surface area (Å²) >= 11 is 1.89. The summed E-state index contributed by atoms with van der Waals surface area (Å²) in [6, 6.07) is 7.93. The van der Waals surface area contributed by atoms with Crippen molar-refractivity contribution in [3.63, 3.8) is 0 Å². The van der Waals surface area contributed by atoms with Crippen molar-refractivity contribution in [3.05, 3.63) is 43.0 Å². The highest BCUT2D eigenvalue weighted by molar-refractivity contribution is 8.00. The quantitative estimate of drug-likeness (QED) is 0.743. The van der Waals surface area contributed by atoms with E-state index in [0.29, 0.717) is 11.8 Å². The summed E-state index contributed by atoms with van der Waals surface area (Å²) in [5.41, 5.74) is 0.904. The fourth-order valence-corrected chi connectivity index (χ4v) is 4.24. The zero-order valence-electron chi connectivity index (χ0n) is 13.8. The van der Waals surface area contributed by atoms with E-state index in [9.17, 15) is 4.79 Å². The first kappa shape index (κ1) is 16.9. The average molecular weight is 344 g/mol. The molecule has 0 bridgehead atoms. The second-order valence-corrected chi connectivity index (χ2v) is 7.40. The van der Waals surface area contributed by atoms with E-state index in [-0.39, 0.29) is 6.03 Å². The Balaban J connectivity index is 1.45. The number of carbonyl (C=O) groups excluding carboxylic acids is 1. The number of rotatable bonds is 7. The Morgan fingerprint density at radius 2 is 2.12 bits per heavy atom. The van der Waals surface area contributed by atoms with Gasteiger partial charge in [0.2, 0.25) is 0 Å². The van der Waals surface area contributed by atoms with Crippen LogP contribution in [0.25, 0.3) is 0 Å². The second kappa shape index (κ2) is 8.78. The largest absolute Gasteiger partial charge is 0.338 e. The van der Waals surface area contributed by atoms with Gasteiger partial charge in [0.05, 0.1) is 12.0 Å². The van der Waals surface area contributed by atoms with Crippen LogP contribution in [0.1, 0.15) is 32.1 Å². The molecule has 2 N–H and O–H groups in total. The van der Waals surface area contributed by atoms with Crippen molar-refractivity contribution in [1.29, 1.82) is 0 Å². The molecular formula is C18H24N4OS. The topological polar surface area (TPSA) is 59.0 Å². The maximum atomic E-state index is 12.1. The molecule has 1 aliphatic rings. The van der Waals surface area contributed by atoms with E-state index >= 15 is 0 Å². The van der Waals surface area contributed by atoms with Crippen LogP contribution >= 0.6 is 11.8 Å². The Labute approximate surface area is 147 Å². The molecule has 1 fully saturated rings. The highest BCUT2D eigenvalue weighted by Gasteiger charge is 2.18. The molecule has 1 aliphatic carbocycles. The van der Waals surface area contributed by atoms with Gasteiger partial charge in [-0.1, -0.05) is 25.0 Å². The summed E-state index contributed by atoms with van der Waals surface area (Å²) in [6.45, 7) is 1.50. The molecule has 0 unspecified atom stereocenters. The molecule has 0 atom stereocenters. The van der Waals surface area contributed by atoms with Crippen LogP contribution in [0.2, 0.25) is 0 Å². The number of aromatic nitrogens is 2. The number of urea groups is 1. The zero-order valence-corrected chi connectivity index (χ0v) is 14.6. The lowest BCUT2D eigenvalue weighted by Gasteiger charge is -2.14. The number of imidazole rings is 1. The van der Waals surface area contributed by atoms with Crippen LogP contribution in [0.4, 0.5) is 10.5 Å². The number of hydrogen-bond donors (Lipinski definition) is 2. The minimum absolute atomic E-state index is 0.139. The molecule has 0 saturated heterocycles. The molecule has 1 aromatic carbocycles. The highest BCUT2D eigenvalue weighted by Crippen LogP contribution is 2.37. The van der Waals surface area contributed by atoms with Crippen molar-refractivity contribution in [3.8, 4) is 0 Å². The number of hydrogen-bond acceptors (Lipinski definition) is 3. The third-order valence-electron chi connectivity index (χ3n) is 4.17. The summed E-state index contributed by atoms with van der Waals surface area (Å²) in [4.78, 5) is 17.3. The smallest absolute Gasteiger partial charge is 0.319 e. The number of anilines is 1. The van der Waals surface area contributed by atoms with E-state index in [1.165, 1.54) is 25.7 Å². The molecule has 2 aromatic rings. The predicted octanol–water partition coefficient (Wildman–Crippen LogP) is 4.13. The second-order valence-electron chi connectivity index (χ2n) is 6.06. The first-order valence-electron chi connectivity index (χ1n) is 8.57. The van der Waals surface area contributed by atoms with Crippen molar-refractivity contribution >= 4 is 23.5 Å². The number of benzene rings is 1. The Hall–Kier alpha value is -1.95. The molecule has 0 spiro atoms. The van der Waals surface area contributed by atoms with E-state index in [1.807, 2.05) is 40.7 Å². The predicted molar refractivity (Wildman–Crippen MR) is 98.4 cm³/mol. The van der Waals surface area contributed by atoms with Crippen LogP contribution in [0, 0.1) is 0 Å². The first-order chi connectivity index (χ1) is 11.8. The molecule has 3 rings (SSSR count). The molecule has 1 saturated carbocycles. The van der Waals surface area contributed by atoms with E-state index in [1.54, 1.807) is 12.5 Å². The monoisotopic (exact) mass is 344 g/mol. The van der Waals surface area contributed by atoms with Gasteiger partial charge in [-0.25, -0.2) is 9.78 Å². The van der Waals surface area contributed by atoms with Gasteiger partial charge in [0.25, 0.3) is 0 Å². The van der Waals surface area contributed by atoms with E-state index < -0.39 is 0 Å². The van der Waals surface area contributed by atoms with Gasteiger partial charge in [0, 0.05) is 35.6 Å². The minimum Gasteiger partial charge on any atom is -0.338 e. The maximum Gasteiger partial charge on any atom is 0.319 e. The normalized spacial score (nSPS) is 14.7. The Morgan fingerprint density at radius 3 is 2.92 bits per heavy atom. The number of amides is 2. The number of thioether (sulfide) groups is 1. The summed E-state index contributed by atoms with van der Waals surface area (Å²) in [7, 11) is 0. The Kier molecular flexibility index (Phi) is 6.18. The van der Waals surface area contributed by atoms with Gasteiger partial charge < -0.3 is 15.2 Å². The Bertz CT molecular complexity index is 638. The molecule has 24 heavy (non-hydrogen) atoms. The minimum atomic E-state index is -0.139. The molecule has 128 valence electrons. The molecule has 5 nitrogen and oxygen atoms in total.